The van der Waals surface area contributed by atoms with Crippen LogP contribution in [0, 0.1) is 12.3 Å². The lowest BCUT2D eigenvalue weighted by Crippen LogP contribution is -2.53. The number of nitrogens with zero attached hydrogens (tertiary/aromatic N) is 2. The van der Waals surface area contributed by atoms with E-state index in [0.717, 1.165) is 0 Å². The van der Waals surface area contributed by atoms with Crippen molar-refractivity contribution < 1.29 is 13.2 Å². The number of carbonyl (C=O) groups excluding carboxylic acids is 1. The molecule has 1 aliphatic heterocycles. The number of urea groups is 1. The normalized spacial score (nSPS) is 16.1. The molecule has 0 unspecified atom stereocenters. The predicted molar refractivity (Wildman–Crippen MR) is 86.7 cm³/mol. The molecule has 22 heavy (non-hydrogen) atoms. The molecule has 1 aliphatic rings. The summed E-state index contributed by atoms with van der Waals surface area (Å²) >= 11 is 3.26. The van der Waals surface area contributed by atoms with Crippen LogP contribution in [0.3, 0.4) is 0 Å². The quantitative estimate of drug-likeness (QED) is 0.791. The summed E-state index contributed by atoms with van der Waals surface area (Å²) < 4.78 is 27.1. The van der Waals surface area contributed by atoms with Gasteiger partial charge in [-0.05, 0) is 28.1 Å². The Labute approximate surface area is 138 Å². The smallest absolute Gasteiger partial charge is 0.318 e. The van der Waals surface area contributed by atoms with E-state index < -0.39 is 10.0 Å². The summed E-state index contributed by atoms with van der Waals surface area (Å²) in [6.45, 7) is 1.34. The van der Waals surface area contributed by atoms with Crippen LogP contribution in [0.5, 0.6) is 0 Å². The summed E-state index contributed by atoms with van der Waals surface area (Å²) in [7, 11) is -3.56. The van der Waals surface area contributed by atoms with Gasteiger partial charge in [-0.3, -0.25) is 0 Å². The van der Waals surface area contributed by atoms with Gasteiger partial charge in [0, 0.05) is 30.7 Å². The Morgan fingerprint density at radius 3 is 2.50 bits per heavy atom. The molecule has 118 valence electrons. The van der Waals surface area contributed by atoms with Crippen molar-refractivity contribution in [2.45, 2.75) is 4.90 Å². The van der Waals surface area contributed by atoms with Crippen LogP contribution in [-0.2, 0) is 10.0 Å². The molecule has 0 aromatic heterocycles. The first-order chi connectivity index (χ1) is 10.5. The number of hydrogen-bond acceptors (Lipinski definition) is 3. The first kappa shape index (κ1) is 16.8. The van der Waals surface area contributed by atoms with E-state index in [1.54, 1.807) is 29.2 Å². The number of halogens is 1. The molecule has 1 heterocycles. The van der Waals surface area contributed by atoms with Crippen LogP contribution in [0.25, 0.3) is 0 Å². The standard InChI is InChI=1S/C14H16BrN3O3S/c1-2-7-16-14(19)17-8-10-18(11-9-17)22(20,21)13-6-4-3-5-12(13)15/h1,3-6H,7-11H2,(H,16,19). The lowest BCUT2D eigenvalue weighted by Gasteiger charge is -2.34. The Bertz CT molecular complexity index is 692. The third-order valence-corrected chi connectivity index (χ3v) is 6.23. The highest BCUT2D eigenvalue weighted by atomic mass is 79.9. The van der Waals surface area contributed by atoms with Crippen molar-refractivity contribution >= 4 is 32.0 Å². The van der Waals surface area contributed by atoms with Gasteiger partial charge < -0.3 is 10.2 Å². The van der Waals surface area contributed by atoms with Crippen molar-refractivity contribution in [3.63, 3.8) is 0 Å². The molecule has 2 rings (SSSR count). The number of carbonyl (C=O) groups is 1. The predicted octanol–water partition coefficient (Wildman–Crippen LogP) is 1.10. The molecule has 0 bridgehead atoms. The van der Waals surface area contributed by atoms with Crippen LogP contribution in [0.15, 0.2) is 33.6 Å². The van der Waals surface area contributed by atoms with Crippen molar-refractivity contribution in [1.29, 1.82) is 0 Å². The van der Waals surface area contributed by atoms with Gasteiger partial charge in [-0.2, -0.15) is 4.31 Å². The van der Waals surface area contributed by atoms with Crippen molar-refractivity contribution in [3.05, 3.63) is 28.7 Å². The Kier molecular flexibility index (Phi) is 5.45. The summed E-state index contributed by atoms with van der Waals surface area (Å²) in [6, 6.07) is 6.43. The Morgan fingerprint density at radius 2 is 1.91 bits per heavy atom. The van der Waals surface area contributed by atoms with E-state index in [0.29, 0.717) is 17.6 Å². The molecule has 1 fully saturated rings. The zero-order valence-electron chi connectivity index (χ0n) is 11.8. The number of hydrogen-bond donors (Lipinski definition) is 1. The minimum absolute atomic E-state index is 0.161. The lowest BCUT2D eigenvalue weighted by atomic mass is 10.4. The summed E-state index contributed by atoms with van der Waals surface area (Å²) in [5, 5.41) is 2.57. The molecule has 0 radical (unpaired) electrons. The molecular formula is C14H16BrN3O3S. The van der Waals surface area contributed by atoms with Crippen molar-refractivity contribution in [3.8, 4) is 12.3 Å². The number of piperazine rings is 1. The average Bonchev–Trinajstić information content (AvgIpc) is 2.53. The van der Waals surface area contributed by atoms with E-state index in [4.69, 9.17) is 6.42 Å². The maximum Gasteiger partial charge on any atom is 0.318 e. The molecule has 0 saturated carbocycles. The van der Waals surface area contributed by atoms with Gasteiger partial charge in [-0.15, -0.1) is 6.42 Å². The van der Waals surface area contributed by atoms with Crippen LogP contribution in [0.4, 0.5) is 4.79 Å². The molecule has 8 heteroatoms. The molecule has 0 aliphatic carbocycles. The van der Waals surface area contributed by atoms with Gasteiger partial charge in [0.05, 0.1) is 11.4 Å². The number of benzene rings is 1. The Morgan fingerprint density at radius 1 is 1.27 bits per heavy atom. The SMILES string of the molecule is C#CCNC(=O)N1CCN(S(=O)(=O)c2ccccc2Br)CC1. The van der Waals surface area contributed by atoms with Crippen LogP contribution >= 0.6 is 15.9 Å². The minimum atomic E-state index is -3.56. The van der Waals surface area contributed by atoms with E-state index in [1.807, 2.05) is 0 Å². The van der Waals surface area contributed by atoms with Crippen LogP contribution in [0.2, 0.25) is 0 Å². The van der Waals surface area contributed by atoms with E-state index in [2.05, 4.69) is 27.2 Å². The molecule has 0 spiro atoms. The zero-order valence-corrected chi connectivity index (χ0v) is 14.2. The second kappa shape index (κ2) is 7.13. The van der Waals surface area contributed by atoms with Gasteiger partial charge in [-0.25, -0.2) is 13.2 Å². The first-order valence-corrected chi connectivity index (χ1v) is 8.91. The topological polar surface area (TPSA) is 69.7 Å². The van der Waals surface area contributed by atoms with Crippen LogP contribution < -0.4 is 5.32 Å². The molecule has 1 saturated heterocycles. The highest BCUT2D eigenvalue weighted by Crippen LogP contribution is 2.25. The fourth-order valence-corrected chi connectivity index (χ4v) is 4.55. The van der Waals surface area contributed by atoms with E-state index >= 15 is 0 Å². The maximum atomic E-state index is 12.6. The molecular weight excluding hydrogens is 370 g/mol. The number of sulfonamides is 1. The lowest BCUT2D eigenvalue weighted by molar-refractivity contribution is 0.173. The van der Waals surface area contributed by atoms with E-state index in [-0.39, 0.29) is 30.6 Å². The first-order valence-electron chi connectivity index (χ1n) is 6.67. The molecule has 0 atom stereocenters. The second-order valence-corrected chi connectivity index (χ2v) is 7.45. The molecule has 6 nitrogen and oxygen atoms in total. The minimum Gasteiger partial charge on any atom is -0.327 e. The van der Waals surface area contributed by atoms with E-state index in [9.17, 15) is 13.2 Å². The van der Waals surface area contributed by atoms with Gasteiger partial charge >= 0.3 is 6.03 Å². The maximum absolute atomic E-state index is 12.6. The molecule has 1 N–H and O–H groups in total. The van der Waals surface area contributed by atoms with Gasteiger partial charge in [0.25, 0.3) is 0 Å². The Hall–Kier alpha value is -1.56. The summed E-state index contributed by atoms with van der Waals surface area (Å²) in [4.78, 5) is 13.6. The highest BCUT2D eigenvalue weighted by Gasteiger charge is 2.31. The van der Waals surface area contributed by atoms with Gasteiger partial charge in [0.1, 0.15) is 0 Å². The largest absolute Gasteiger partial charge is 0.327 e. The monoisotopic (exact) mass is 385 g/mol. The van der Waals surface area contributed by atoms with Crippen molar-refractivity contribution in [2.75, 3.05) is 32.7 Å². The number of rotatable bonds is 3. The molecule has 1 aromatic rings. The van der Waals surface area contributed by atoms with Crippen molar-refractivity contribution in [1.82, 2.24) is 14.5 Å². The van der Waals surface area contributed by atoms with Gasteiger partial charge in [-0.1, -0.05) is 18.1 Å². The zero-order chi connectivity index (χ0) is 16.2. The van der Waals surface area contributed by atoms with Crippen molar-refractivity contribution in [2.24, 2.45) is 0 Å². The third-order valence-electron chi connectivity index (χ3n) is 3.32. The van der Waals surface area contributed by atoms with Crippen LogP contribution in [-0.4, -0.2) is 56.4 Å². The molecule has 1 aromatic carbocycles. The number of amides is 2. The Balaban J connectivity index is 2.04. The summed E-state index contributed by atoms with van der Waals surface area (Å²) in [6.07, 6.45) is 5.09. The fraction of sp³-hybridized carbons (Fsp3) is 0.357. The van der Waals surface area contributed by atoms with Gasteiger partial charge in [0.2, 0.25) is 10.0 Å². The number of terminal acetylenes is 1. The average molecular weight is 386 g/mol. The highest BCUT2D eigenvalue weighted by molar-refractivity contribution is 9.10. The fourth-order valence-electron chi connectivity index (χ4n) is 2.16. The van der Waals surface area contributed by atoms with E-state index in [1.165, 1.54) is 4.31 Å². The second-order valence-electron chi connectivity index (χ2n) is 4.68. The van der Waals surface area contributed by atoms with Crippen LogP contribution in [0.1, 0.15) is 0 Å². The third kappa shape index (κ3) is 3.61. The summed E-state index contributed by atoms with van der Waals surface area (Å²) in [5.41, 5.74) is 0. The molecule has 2 amide bonds. The number of nitrogens with one attached hydrogen (secondary N) is 1. The summed E-state index contributed by atoms with van der Waals surface area (Å²) in [5.74, 6) is 2.33. The van der Waals surface area contributed by atoms with Gasteiger partial charge in [0.15, 0.2) is 0 Å².